The summed E-state index contributed by atoms with van der Waals surface area (Å²) in [5, 5.41) is 14.4. The number of carbonyl (C=O) groups excluding carboxylic acids is 1. The van der Waals surface area contributed by atoms with Gasteiger partial charge in [-0.3, -0.25) is 4.79 Å². The number of hydrogen-bond acceptors (Lipinski definition) is 4. The zero-order valence-corrected chi connectivity index (χ0v) is 16.1. The van der Waals surface area contributed by atoms with E-state index in [-0.39, 0.29) is 12.7 Å². The van der Waals surface area contributed by atoms with Gasteiger partial charge in [-0.15, -0.1) is 0 Å². The lowest BCUT2D eigenvalue weighted by molar-refractivity contribution is -0.900. The van der Waals surface area contributed by atoms with Crippen LogP contribution >= 0.6 is 0 Å². The Balaban J connectivity index is 1.30. The molecule has 4 rings (SSSR count). The van der Waals surface area contributed by atoms with Gasteiger partial charge in [0.15, 0.2) is 18.0 Å². The summed E-state index contributed by atoms with van der Waals surface area (Å²) in [7, 11) is 0. The summed E-state index contributed by atoms with van der Waals surface area (Å²) >= 11 is 0. The number of quaternary nitrogens is 1. The molecule has 3 N–H and O–H groups in total. The Hall–Kier alpha value is -1.79. The Morgan fingerprint density at radius 1 is 1.22 bits per heavy atom. The van der Waals surface area contributed by atoms with Crippen LogP contribution in [0.1, 0.15) is 51.0 Å². The first-order valence-electron chi connectivity index (χ1n) is 10.3. The number of rotatable bonds is 4. The van der Waals surface area contributed by atoms with E-state index in [1.54, 1.807) is 0 Å². The molecule has 1 aromatic rings. The number of ether oxygens (including phenoxy) is 2. The summed E-state index contributed by atoms with van der Waals surface area (Å²) in [5.74, 6) is 2.17. The average Bonchev–Trinajstić information content (AvgIpc) is 3.13. The Bertz CT molecular complexity index is 685. The standard InChI is InChI=1S/C21H30N2O4/c1-15-4-2-3-5-17(15)22-20(24)13-23-10-8-21(25,9-11-23)16-6-7-18-19(12-16)27-14-26-18/h6-7,12,15,17,25H,2-5,8-11,13-14H2,1H3,(H,22,24)/p+1/t15-,17-/m0/s1. The van der Waals surface area contributed by atoms with E-state index in [1.807, 2.05) is 18.2 Å². The van der Waals surface area contributed by atoms with Gasteiger partial charge in [-0.1, -0.05) is 25.8 Å². The maximum absolute atomic E-state index is 12.5. The van der Waals surface area contributed by atoms with Crippen LogP contribution in [0.5, 0.6) is 11.5 Å². The van der Waals surface area contributed by atoms with Crippen molar-refractivity contribution in [3.05, 3.63) is 23.8 Å². The Morgan fingerprint density at radius 2 is 1.96 bits per heavy atom. The van der Waals surface area contributed by atoms with Crippen molar-refractivity contribution < 1.29 is 24.3 Å². The molecular weight excluding hydrogens is 344 g/mol. The zero-order chi connectivity index (χ0) is 18.9. The smallest absolute Gasteiger partial charge is 0.275 e. The maximum Gasteiger partial charge on any atom is 0.275 e. The summed E-state index contributed by atoms with van der Waals surface area (Å²) < 4.78 is 10.8. The molecule has 2 atom stereocenters. The molecule has 1 saturated carbocycles. The highest BCUT2D eigenvalue weighted by molar-refractivity contribution is 5.77. The molecule has 1 amide bonds. The Morgan fingerprint density at radius 3 is 2.74 bits per heavy atom. The van der Waals surface area contributed by atoms with Crippen molar-refractivity contribution in [2.24, 2.45) is 5.92 Å². The van der Waals surface area contributed by atoms with Crippen molar-refractivity contribution >= 4 is 5.91 Å². The number of carbonyl (C=O) groups is 1. The van der Waals surface area contributed by atoms with E-state index in [1.165, 1.54) is 24.2 Å². The van der Waals surface area contributed by atoms with Crippen LogP contribution in [0.2, 0.25) is 0 Å². The molecular formula is C21H31N2O4+. The van der Waals surface area contributed by atoms with Crippen LogP contribution in [0.4, 0.5) is 0 Å². The fraction of sp³-hybridized carbons (Fsp3) is 0.667. The van der Waals surface area contributed by atoms with E-state index in [2.05, 4.69) is 12.2 Å². The predicted octanol–water partition coefficient (Wildman–Crippen LogP) is 0.977. The molecule has 1 aromatic carbocycles. The second-order valence-electron chi connectivity index (χ2n) is 8.46. The summed E-state index contributed by atoms with van der Waals surface area (Å²) in [6, 6.07) is 6.02. The second-order valence-corrected chi connectivity index (χ2v) is 8.46. The molecule has 1 aliphatic carbocycles. The number of likely N-dealkylation sites (tertiary alicyclic amines) is 1. The highest BCUT2D eigenvalue weighted by Gasteiger charge is 2.38. The van der Waals surface area contributed by atoms with Crippen molar-refractivity contribution in [1.29, 1.82) is 0 Å². The van der Waals surface area contributed by atoms with Gasteiger partial charge in [0, 0.05) is 18.9 Å². The molecule has 0 bridgehead atoms. The van der Waals surface area contributed by atoms with E-state index in [0.29, 0.717) is 37.1 Å². The van der Waals surface area contributed by atoms with Crippen molar-refractivity contribution in [3.63, 3.8) is 0 Å². The van der Waals surface area contributed by atoms with Crippen LogP contribution in [0.3, 0.4) is 0 Å². The molecule has 0 spiro atoms. The molecule has 0 unspecified atom stereocenters. The van der Waals surface area contributed by atoms with Gasteiger partial charge in [0.1, 0.15) is 5.60 Å². The maximum atomic E-state index is 12.5. The highest BCUT2D eigenvalue weighted by Crippen LogP contribution is 2.38. The third-order valence-corrected chi connectivity index (χ3v) is 6.56. The second kappa shape index (κ2) is 7.68. The molecule has 1 saturated heterocycles. The predicted molar refractivity (Wildman–Crippen MR) is 101 cm³/mol. The first-order chi connectivity index (χ1) is 13.0. The van der Waals surface area contributed by atoms with Crippen LogP contribution < -0.4 is 19.7 Å². The summed E-state index contributed by atoms with van der Waals surface area (Å²) in [6.45, 7) is 4.56. The minimum atomic E-state index is -0.848. The largest absolute Gasteiger partial charge is 0.454 e. The fourth-order valence-electron chi connectivity index (χ4n) is 4.68. The number of nitrogens with one attached hydrogen (secondary N) is 2. The quantitative estimate of drug-likeness (QED) is 0.734. The van der Waals surface area contributed by atoms with Gasteiger partial charge in [-0.05, 0) is 36.5 Å². The van der Waals surface area contributed by atoms with E-state index >= 15 is 0 Å². The number of amides is 1. The summed E-state index contributed by atoms with van der Waals surface area (Å²) in [6.07, 6.45) is 6.11. The van der Waals surface area contributed by atoms with Crippen LogP contribution in [-0.4, -0.2) is 43.5 Å². The number of piperidine rings is 1. The normalized spacial score (nSPS) is 32.9. The highest BCUT2D eigenvalue weighted by atomic mass is 16.7. The molecule has 6 nitrogen and oxygen atoms in total. The average molecular weight is 375 g/mol. The number of hydrogen-bond donors (Lipinski definition) is 3. The number of benzene rings is 1. The number of fused-ring (bicyclic) bond motifs is 1. The molecule has 148 valence electrons. The minimum absolute atomic E-state index is 0.150. The first kappa shape index (κ1) is 18.6. The van der Waals surface area contributed by atoms with Gasteiger partial charge in [-0.25, -0.2) is 0 Å². The summed E-state index contributed by atoms with van der Waals surface area (Å²) in [4.78, 5) is 13.7. The van der Waals surface area contributed by atoms with Gasteiger partial charge < -0.3 is 24.8 Å². The van der Waals surface area contributed by atoms with Crippen LogP contribution in [0.15, 0.2) is 18.2 Å². The molecule has 2 aliphatic heterocycles. The van der Waals surface area contributed by atoms with Crippen LogP contribution in [0.25, 0.3) is 0 Å². The van der Waals surface area contributed by atoms with E-state index < -0.39 is 5.60 Å². The molecule has 6 heteroatoms. The Kier molecular flexibility index (Phi) is 5.28. The monoisotopic (exact) mass is 375 g/mol. The lowest BCUT2D eigenvalue weighted by Crippen LogP contribution is -3.14. The van der Waals surface area contributed by atoms with Crippen molar-refractivity contribution in [2.45, 2.75) is 57.1 Å². The number of aliphatic hydroxyl groups is 1. The lowest BCUT2D eigenvalue weighted by Gasteiger charge is -2.36. The molecule has 0 radical (unpaired) electrons. The van der Waals surface area contributed by atoms with Gasteiger partial charge in [-0.2, -0.15) is 0 Å². The third-order valence-electron chi connectivity index (χ3n) is 6.56. The molecule has 2 fully saturated rings. The van der Waals surface area contributed by atoms with Gasteiger partial charge in [0.05, 0.1) is 13.1 Å². The van der Waals surface area contributed by atoms with Gasteiger partial charge in [0.25, 0.3) is 5.91 Å². The topological polar surface area (TPSA) is 72.2 Å². The first-order valence-corrected chi connectivity index (χ1v) is 10.3. The van der Waals surface area contributed by atoms with Crippen molar-refractivity contribution in [1.82, 2.24) is 5.32 Å². The van der Waals surface area contributed by atoms with Crippen molar-refractivity contribution in [3.8, 4) is 11.5 Å². The third kappa shape index (κ3) is 4.06. The summed E-state index contributed by atoms with van der Waals surface area (Å²) in [5.41, 5.74) is 0.0324. The lowest BCUT2D eigenvalue weighted by atomic mass is 9.84. The Labute approximate surface area is 160 Å². The minimum Gasteiger partial charge on any atom is -0.454 e. The molecule has 27 heavy (non-hydrogen) atoms. The van der Waals surface area contributed by atoms with E-state index in [0.717, 1.165) is 30.8 Å². The van der Waals surface area contributed by atoms with E-state index in [4.69, 9.17) is 9.47 Å². The molecule has 3 aliphatic rings. The van der Waals surface area contributed by atoms with Crippen LogP contribution in [0, 0.1) is 5.92 Å². The zero-order valence-electron chi connectivity index (χ0n) is 16.1. The fourth-order valence-corrected chi connectivity index (χ4v) is 4.68. The van der Waals surface area contributed by atoms with E-state index in [9.17, 15) is 9.90 Å². The van der Waals surface area contributed by atoms with Crippen LogP contribution in [-0.2, 0) is 10.4 Å². The van der Waals surface area contributed by atoms with Crippen molar-refractivity contribution in [2.75, 3.05) is 26.4 Å². The van der Waals surface area contributed by atoms with Gasteiger partial charge >= 0.3 is 0 Å². The van der Waals surface area contributed by atoms with Gasteiger partial charge in [0.2, 0.25) is 6.79 Å². The SMILES string of the molecule is C[C@H]1CCCC[C@@H]1NC(=O)C[NH+]1CCC(O)(c2ccc3c(c2)OCO3)CC1. The molecule has 0 aromatic heterocycles. The molecule has 2 heterocycles.